The van der Waals surface area contributed by atoms with Crippen molar-refractivity contribution in [3.63, 3.8) is 0 Å². The van der Waals surface area contributed by atoms with Gasteiger partial charge in [0.15, 0.2) is 6.61 Å². The van der Waals surface area contributed by atoms with Gasteiger partial charge in [-0.25, -0.2) is 4.98 Å². The van der Waals surface area contributed by atoms with E-state index >= 15 is 0 Å². The zero-order valence-electron chi connectivity index (χ0n) is 10.5. The number of aromatic nitrogens is 1. The summed E-state index contributed by atoms with van der Waals surface area (Å²) in [6, 6.07) is 12.1. The molecular formula is C14H12ClN3O2. The number of ether oxygens (including phenoxy) is 1. The second kappa shape index (κ2) is 6.68. The van der Waals surface area contributed by atoms with Crippen molar-refractivity contribution in [1.29, 1.82) is 5.41 Å². The molecule has 2 aromatic rings. The van der Waals surface area contributed by atoms with Gasteiger partial charge < -0.3 is 10.1 Å². The summed E-state index contributed by atoms with van der Waals surface area (Å²) >= 11 is 5.72. The van der Waals surface area contributed by atoms with E-state index in [9.17, 15) is 4.79 Å². The lowest BCUT2D eigenvalue weighted by Gasteiger charge is -2.08. The first-order chi connectivity index (χ1) is 9.65. The molecule has 5 nitrogen and oxygen atoms in total. The maximum atomic E-state index is 11.6. The lowest BCUT2D eigenvalue weighted by molar-refractivity contribution is -0.118. The third-order valence-corrected chi connectivity index (χ3v) is 2.60. The Kier molecular flexibility index (Phi) is 4.68. The van der Waals surface area contributed by atoms with Crippen LogP contribution in [0.3, 0.4) is 0 Å². The molecule has 1 aromatic carbocycles. The molecule has 0 aliphatic heterocycles. The number of rotatable bonds is 4. The number of carbonyl (C=O) groups is 1. The Hall–Kier alpha value is -2.40. The van der Waals surface area contributed by atoms with Crippen molar-refractivity contribution >= 4 is 29.1 Å². The van der Waals surface area contributed by atoms with Gasteiger partial charge in [-0.05, 0) is 24.3 Å². The van der Waals surface area contributed by atoms with E-state index in [-0.39, 0.29) is 23.6 Å². The van der Waals surface area contributed by atoms with E-state index in [0.29, 0.717) is 11.3 Å². The third-order valence-electron chi connectivity index (χ3n) is 2.39. The molecule has 0 atom stereocenters. The van der Waals surface area contributed by atoms with Crippen LogP contribution in [0.4, 0.5) is 5.69 Å². The highest BCUT2D eigenvalue weighted by Crippen LogP contribution is 2.08. The van der Waals surface area contributed by atoms with Gasteiger partial charge in [0.05, 0.1) is 0 Å². The fraction of sp³-hybridized carbons (Fsp3) is 0.0714. The van der Waals surface area contributed by atoms with E-state index in [1.54, 1.807) is 18.2 Å². The van der Waals surface area contributed by atoms with Gasteiger partial charge in [-0.3, -0.25) is 10.2 Å². The maximum Gasteiger partial charge on any atom is 0.262 e. The Balaban J connectivity index is 1.86. The second-order valence-corrected chi connectivity index (χ2v) is 4.29. The van der Waals surface area contributed by atoms with E-state index in [4.69, 9.17) is 21.7 Å². The molecule has 1 amide bonds. The quantitative estimate of drug-likeness (QED) is 0.516. The van der Waals surface area contributed by atoms with Gasteiger partial charge in [0.2, 0.25) is 5.90 Å². The number of hydrogen-bond acceptors (Lipinski definition) is 4. The van der Waals surface area contributed by atoms with Gasteiger partial charge >= 0.3 is 0 Å². The second-order valence-electron chi connectivity index (χ2n) is 3.90. The summed E-state index contributed by atoms with van der Waals surface area (Å²) in [5.74, 6) is -0.460. The highest BCUT2D eigenvalue weighted by Gasteiger charge is 2.07. The molecule has 0 radical (unpaired) electrons. The number of anilines is 1. The number of para-hydroxylation sites is 1. The molecule has 0 aliphatic rings. The maximum absolute atomic E-state index is 11.6. The van der Waals surface area contributed by atoms with Crippen LogP contribution in [0.5, 0.6) is 0 Å². The van der Waals surface area contributed by atoms with Crippen LogP contribution in [0.15, 0.2) is 48.7 Å². The molecule has 0 bridgehead atoms. The Morgan fingerprint density at radius 3 is 2.75 bits per heavy atom. The minimum Gasteiger partial charge on any atom is -0.468 e. The van der Waals surface area contributed by atoms with Gasteiger partial charge in [0.25, 0.3) is 5.91 Å². The summed E-state index contributed by atoms with van der Waals surface area (Å²) in [4.78, 5) is 15.5. The van der Waals surface area contributed by atoms with E-state index in [1.807, 2.05) is 18.2 Å². The highest BCUT2D eigenvalue weighted by atomic mass is 35.5. The molecule has 6 heteroatoms. The molecule has 2 N–H and O–H groups in total. The molecular weight excluding hydrogens is 278 g/mol. The normalized spacial score (nSPS) is 9.85. The van der Waals surface area contributed by atoms with Crippen molar-refractivity contribution in [1.82, 2.24) is 4.98 Å². The molecule has 1 aromatic heterocycles. The molecule has 0 saturated carbocycles. The smallest absolute Gasteiger partial charge is 0.262 e. The number of benzene rings is 1. The van der Waals surface area contributed by atoms with Crippen molar-refractivity contribution < 1.29 is 9.53 Å². The van der Waals surface area contributed by atoms with Crippen molar-refractivity contribution in [2.24, 2.45) is 0 Å². The van der Waals surface area contributed by atoms with Crippen LogP contribution in [-0.4, -0.2) is 23.4 Å². The fourth-order valence-corrected chi connectivity index (χ4v) is 1.66. The molecule has 0 saturated heterocycles. The third kappa shape index (κ3) is 4.07. The molecule has 0 aliphatic carbocycles. The number of nitrogens with one attached hydrogen (secondary N) is 2. The van der Waals surface area contributed by atoms with Crippen molar-refractivity contribution in [2.45, 2.75) is 0 Å². The number of hydrogen-bond donors (Lipinski definition) is 2. The Morgan fingerprint density at radius 1 is 1.30 bits per heavy atom. The Bertz CT molecular complexity index is 617. The number of halogens is 1. The Morgan fingerprint density at radius 2 is 2.05 bits per heavy atom. The molecule has 0 fully saturated rings. The molecule has 0 unspecified atom stereocenters. The predicted octanol–water partition coefficient (Wildman–Crippen LogP) is 2.72. The van der Waals surface area contributed by atoms with Crippen LogP contribution >= 0.6 is 11.6 Å². The molecule has 1 heterocycles. The van der Waals surface area contributed by atoms with Crippen LogP contribution in [0.2, 0.25) is 5.15 Å². The predicted molar refractivity (Wildman–Crippen MR) is 77.1 cm³/mol. The lowest BCUT2D eigenvalue weighted by atomic mass is 10.3. The van der Waals surface area contributed by atoms with Crippen LogP contribution in [-0.2, 0) is 9.53 Å². The molecule has 0 spiro atoms. The minimum absolute atomic E-state index is 0.127. The van der Waals surface area contributed by atoms with Crippen molar-refractivity contribution in [2.75, 3.05) is 11.9 Å². The summed E-state index contributed by atoms with van der Waals surface area (Å²) in [7, 11) is 0. The molecule has 2 rings (SSSR count). The summed E-state index contributed by atoms with van der Waals surface area (Å²) in [6.45, 7) is -0.242. The lowest BCUT2D eigenvalue weighted by Crippen LogP contribution is -2.20. The highest BCUT2D eigenvalue weighted by molar-refractivity contribution is 6.29. The van der Waals surface area contributed by atoms with Crippen LogP contribution < -0.4 is 5.32 Å². The van der Waals surface area contributed by atoms with Gasteiger partial charge in [0, 0.05) is 17.4 Å². The van der Waals surface area contributed by atoms with Crippen LogP contribution in [0.25, 0.3) is 0 Å². The number of nitrogens with zero attached hydrogens (tertiary/aromatic N) is 1. The number of carbonyl (C=O) groups excluding carboxylic acids is 1. The summed E-state index contributed by atoms with van der Waals surface area (Å²) in [6.07, 6.45) is 1.47. The summed E-state index contributed by atoms with van der Waals surface area (Å²) < 4.78 is 5.10. The number of pyridine rings is 1. The standard InChI is InChI=1S/C14H12ClN3O2/c15-12-8-10(6-7-17-12)14(16)20-9-13(19)18-11-4-2-1-3-5-11/h1-8,16H,9H2,(H,18,19). The van der Waals surface area contributed by atoms with Crippen LogP contribution in [0, 0.1) is 5.41 Å². The van der Waals surface area contributed by atoms with E-state index in [0.717, 1.165) is 0 Å². The first-order valence-corrected chi connectivity index (χ1v) is 6.21. The zero-order valence-corrected chi connectivity index (χ0v) is 11.2. The summed E-state index contributed by atoms with van der Waals surface area (Å²) in [5, 5.41) is 10.6. The van der Waals surface area contributed by atoms with Crippen LogP contribution in [0.1, 0.15) is 5.56 Å². The zero-order chi connectivity index (χ0) is 14.4. The van der Waals surface area contributed by atoms with Crippen molar-refractivity contribution in [3.8, 4) is 0 Å². The van der Waals surface area contributed by atoms with E-state index < -0.39 is 0 Å². The topological polar surface area (TPSA) is 75.1 Å². The molecule has 102 valence electrons. The van der Waals surface area contributed by atoms with Gasteiger partial charge in [-0.2, -0.15) is 0 Å². The van der Waals surface area contributed by atoms with Gasteiger partial charge in [-0.15, -0.1) is 0 Å². The monoisotopic (exact) mass is 289 g/mol. The number of amides is 1. The van der Waals surface area contributed by atoms with Crippen molar-refractivity contribution in [3.05, 3.63) is 59.4 Å². The van der Waals surface area contributed by atoms with Gasteiger partial charge in [0.1, 0.15) is 5.15 Å². The SMILES string of the molecule is N=C(OCC(=O)Nc1ccccc1)c1ccnc(Cl)c1. The fourth-order valence-electron chi connectivity index (χ4n) is 1.48. The average Bonchev–Trinajstić information content (AvgIpc) is 2.46. The molecule has 20 heavy (non-hydrogen) atoms. The van der Waals surface area contributed by atoms with E-state index in [2.05, 4.69) is 10.3 Å². The van der Waals surface area contributed by atoms with E-state index in [1.165, 1.54) is 12.3 Å². The first-order valence-electron chi connectivity index (χ1n) is 5.83. The Labute approximate surface area is 121 Å². The largest absolute Gasteiger partial charge is 0.468 e. The minimum atomic E-state index is -0.332. The average molecular weight is 290 g/mol. The first kappa shape index (κ1) is 14.0. The van der Waals surface area contributed by atoms with Gasteiger partial charge in [-0.1, -0.05) is 29.8 Å². The summed E-state index contributed by atoms with van der Waals surface area (Å²) in [5.41, 5.74) is 1.15.